The molecule has 2 aliphatic rings. The summed E-state index contributed by atoms with van der Waals surface area (Å²) < 4.78 is 11.7. The van der Waals surface area contributed by atoms with Crippen LogP contribution in [0.15, 0.2) is 48.5 Å². The maximum atomic E-state index is 13.0. The number of fused-ring (bicyclic) bond motifs is 1. The van der Waals surface area contributed by atoms with Crippen LogP contribution in [-0.2, 0) is 4.74 Å². The van der Waals surface area contributed by atoms with Crippen LogP contribution in [0.5, 0.6) is 5.75 Å². The summed E-state index contributed by atoms with van der Waals surface area (Å²) in [6.07, 6.45) is 3.27. The van der Waals surface area contributed by atoms with Crippen LogP contribution in [0.4, 0.5) is 0 Å². The van der Waals surface area contributed by atoms with E-state index in [1.165, 1.54) is 19.3 Å². The Kier molecular flexibility index (Phi) is 5.95. The second-order valence-corrected chi connectivity index (χ2v) is 7.82. The van der Waals surface area contributed by atoms with Gasteiger partial charge in [-0.15, -0.1) is 0 Å². The van der Waals surface area contributed by atoms with Crippen molar-refractivity contribution >= 4 is 11.8 Å². The number of ether oxygens (including phenoxy) is 2. The van der Waals surface area contributed by atoms with Crippen LogP contribution in [0.3, 0.4) is 0 Å². The third-order valence-electron chi connectivity index (χ3n) is 5.83. The highest BCUT2D eigenvalue weighted by Gasteiger charge is 2.37. The SMILES string of the molecule is CC1C(=O)c2cccc(C(=O)OCCN3CCCCC3)c2OC1c1ccccc1. The Labute approximate surface area is 171 Å². The Morgan fingerprint density at radius 1 is 1.07 bits per heavy atom. The van der Waals surface area contributed by atoms with E-state index in [1.807, 2.05) is 37.3 Å². The van der Waals surface area contributed by atoms with Gasteiger partial charge in [0.1, 0.15) is 24.0 Å². The second-order valence-electron chi connectivity index (χ2n) is 7.82. The summed E-state index contributed by atoms with van der Waals surface area (Å²) in [5.74, 6) is -0.432. The molecule has 2 aromatic rings. The van der Waals surface area contributed by atoms with Crippen LogP contribution < -0.4 is 4.74 Å². The van der Waals surface area contributed by atoms with Gasteiger partial charge in [-0.05, 0) is 43.6 Å². The van der Waals surface area contributed by atoms with E-state index in [0.29, 0.717) is 23.5 Å². The highest BCUT2D eigenvalue weighted by Crippen LogP contribution is 2.40. The van der Waals surface area contributed by atoms with E-state index in [0.717, 1.165) is 25.2 Å². The standard InChI is InChI=1S/C24H27NO4/c1-17-21(26)19-11-8-12-20(23(19)29-22(17)18-9-4-2-5-10-18)24(27)28-16-15-25-13-6-3-7-14-25/h2,4-5,8-12,17,22H,3,6-7,13-16H2,1H3. The molecule has 0 bridgehead atoms. The topological polar surface area (TPSA) is 55.8 Å². The van der Waals surface area contributed by atoms with E-state index in [4.69, 9.17) is 9.47 Å². The Morgan fingerprint density at radius 3 is 2.59 bits per heavy atom. The van der Waals surface area contributed by atoms with E-state index in [9.17, 15) is 9.59 Å². The molecule has 1 fully saturated rings. The summed E-state index contributed by atoms with van der Waals surface area (Å²) in [7, 11) is 0. The summed E-state index contributed by atoms with van der Waals surface area (Å²) in [4.78, 5) is 28.0. The summed E-state index contributed by atoms with van der Waals surface area (Å²) in [6.45, 7) is 5.07. The van der Waals surface area contributed by atoms with Gasteiger partial charge in [0.2, 0.25) is 0 Å². The van der Waals surface area contributed by atoms with E-state index < -0.39 is 12.1 Å². The van der Waals surface area contributed by atoms with Crippen LogP contribution in [-0.4, -0.2) is 42.9 Å². The molecule has 0 aromatic heterocycles. The summed E-state index contributed by atoms with van der Waals surface area (Å²) in [6, 6.07) is 14.8. The fourth-order valence-electron chi connectivity index (χ4n) is 4.16. The number of piperidine rings is 1. The third-order valence-corrected chi connectivity index (χ3v) is 5.83. The molecule has 0 aliphatic carbocycles. The fourth-order valence-corrected chi connectivity index (χ4v) is 4.16. The lowest BCUT2D eigenvalue weighted by molar-refractivity contribution is 0.0436. The minimum Gasteiger partial charge on any atom is -0.483 e. The van der Waals surface area contributed by atoms with Crippen molar-refractivity contribution in [3.8, 4) is 5.75 Å². The van der Waals surface area contributed by atoms with Crippen molar-refractivity contribution in [1.29, 1.82) is 0 Å². The predicted octanol–water partition coefficient (Wildman–Crippen LogP) is 4.28. The van der Waals surface area contributed by atoms with Crippen LogP contribution >= 0.6 is 0 Å². The van der Waals surface area contributed by atoms with Crippen molar-refractivity contribution in [2.45, 2.75) is 32.3 Å². The average molecular weight is 393 g/mol. The molecule has 29 heavy (non-hydrogen) atoms. The van der Waals surface area contributed by atoms with Gasteiger partial charge in [0.05, 0.1) is 11.5 Å². The van der Waals surface area contributed by atoms with Gasteiger partial charge in [0.25, 0.3) is 0 Å². The second kappa shape index (κ2) is 8.78. The average Bonchev–Trinajstić information content (AvgIpc) is 2.77. The molecule has 2 unspecified atom stereocenters. The van der Waals surface area contributed by atoms with Crippen LogP contribution in [0.25, 0.3) is 0 Å². The number of hydrogen-bond donors (Lipinski definition) is 0. The molecule has 5 heteroatoms. The monoisotopic (exact) mass is 393 g/mol. The van der Waals surface area contributed by atoms with Crippen molar-refractivity contribution in [2.24, 2.45) is 5.92 Å². The normalized spacial score (nSPS) is 21.9. The molecule has 0 radical (unpaired) electrons. The maximum absolute atomic E-state index is 13.0. The number of para-hydroxylation sites is 1. The third kappa shape index (κ3) is 4.20. The van der Waals surface area contributed by atoms with Gasteiger partial charge in [-0.3, -0.25) is 9.69 Å². The Bertz CT molecular complexity index is 874. The maximum Gasteiger partial charge on any atom is 0.341 e. The number of ketones is 1. The van der Waals surface area contributed by atoms with Crippen molar-refractivity contribution in [2.75, 3.05) is 26.2 Å². The van der Waals surface area contributed by atoms with Gasteiger partial charge in [0, 0.05) is 6.54 Å². The molecule has 2 atom stereocenters. The molecular formula is C24H27NO4. The minimum absolute atomic E-state index is 0.0110. The Balaban J connectivity index is 1.51. The smallest absolute Gasteiger partial charge is 0.341 e. The van der Waals surface area contributed by atoms with E-state index >= 15 is 0 Å². The van der Waals surface area contributed by atoms with Gasteiger partial charge in [-0.1, -0.05) is 49.7 Å². The highest BCUT2D eigenvalue weighted by molar-refractivity contribution is 6.05. The molecule has 1 saturated heterocycles. The minimum atomic E-state index is -0.437. The lowest BCUT2D eigenvalue weighted by Gasteiger charge is -2.31. The highest BCUT2D eigenvalue weighted by atomic mass is 16.5. The van der Waals surface area contributed by atoms with Crippen molar-refractivity contribution in [1.82, 2.24) is 4.90 Å². The molecule has 4 rings (SSSR count). The number of likely N-dealkylation sites (tertiary alicyclic amines) is 1. The van der Waals surface area contributed by atoms with E-state index in [2.05, 4.69) is 4.90 Å². The first-order valence-corrected chi connectivity index (χ1v) is 10.4. The molecule has 152 valence electrons. The van der Waals surface area contributed by atoms with Gasteiger partial charge in [-0.2, -0.15) is 0 Å². The molecule has 0 spiro atoms. The molecule has 0 saturated carbocycles. The van der Waals surface area contributed by atoms with Crippen LogP contribution in [0.1, 0.15) is 58.6 Å². The summed E-state index contributed by atoms with van der Waals surface area (Å²) >= 11 is 0. The number of Topliss-reactive ketones (excluding diaryl/α,β-unsaturated/α-hetero) is 1. The lowest BCUT2D eigenvalue weighted by atomic mass is 9.86. The zero-order chi connectivity index (χ0) is 20.2. The van der Waals surface area contributed by atoms with Crippen molar-refractivity contribution < 1.29 is 19.1 Å². The largest absolute Gasteiger partial charge is 0.483 e. The molecule has 0 N–H and O–H groups in total. The number of rotatable bonds is 5. The quantitative estimate of drug-likeness (QED) is 0.710. The first kappa shape index (κ1) is 19.6. The number of nitrogens with zero attached hydrogens (tertiary/aromatic N) is 1. The predicted molar refractivity (Wildman–Crippen MR) is 110 cm³/mol. The molecular weight excluding hydrogens is 366 g/mol. The number of carbonyl (C=O) groups excluding carboxylic acids is 2. The fraction of sp³-hybridized carbons (Fsp3) is 0.417. The molecule has 5 nitrogen and oxygen atoms in total. The summed E-state index contributed by atoms with van der Waals surface area (Å²) in [5.41, 5.74) is 1.70. The van der Waals surface area contributed by atoms with Gasteiger partial charge in [-0.25, -0.2) is 4.79 Å². The molecule has 2 aromatic carbocycles. The first-order valence-electron chi connectivity index (χ1n) is 10.4. The van der Waals surface area contributed by atoms with E-state index in [-0.39, 0.29) is 11.7 Å². The molecule has 0 amide bonds. The first-order chi connectivity index (χ1) is 14.1. The van der Waals surface area contributed by atoms with Gasteiger partial charge >= 0.3 is 5.97 Å². The number of benzene rings is 2. The van der Waals surface area contributed by atoms with Crippen molar-refractivity contribution in [3.63, 3.8) is 0 Å². The van der Waals surface area contributed by atoms with Crippen molar-refractivity contribution in [3.05, 3.63) is 65.2 Å². The number of esters is 1. The summed E-state index contributed by atoms with van der Waals surface area (Å²) in [5, 5.41) is 0. The van der Waals surface area contributed by atoms with Crippen LogP contribution in [0, 0.1) is 5.92 Å². The van der Waals surface area contributed by atoms with E-state index in [1.54, 1.807) is 18.2 Å². The lowest BCUT2D eigenvalue weighted by Crippen LogP contribution is -2.33. The van der Waals surface area contributed by atoms with Crippen LogP contribution in [0.2, 0.25) is 0 Å². The molecule has 2 heterocycles. The Hall–Kier alpha value is -2.66. The zero-order valence-corrected chi connectivity index (χ0v) is 16.8. The number of hydrogen-bond acceptors (Lipinski definition) is 5. The zero-order valence-electron chi connectivity index (χ0n) is 16.8. The Morgan fingerprint density at radius 2 is 1.83 bits per heavy atom. The number of carbonyl (C=O) groups is 2. The van der Waals surface area contributed by atoms with Gasteiger partial charge < -0.3 is 9.47 Å². The van der Waals surface area contributed by atoms with Gasteiger partial charge in [0.15, 0.2) is 5.78 Å². The molecule has 2 aliphatic heterocycles.